The zero-order valence-corrected chi connectivity index (χ0v) is 21.2. The van der Waals surface area contributed by atoms with Crippen molar-refractivity contribution in [1.29, 1.82) is 0 Å². The molecule has 1 heterocycles. The standard InChI is InChI=1S/C30H31FN2O2S/c1-21-7-5-6-10-27(21)33-29(34)28(36-30(33)32-25-8-3-2-4-9-25)19-22-13-17-26(18-14-22)35-20-23-11-15-24(31)16-12-23/h2-4,8-9,11-19,21,27,30,32H,5-7,10,20H2,1H3/b28-19-/t21-,27-,30?/m0/s1. The van der Waals surface area contributed by atoms with Gasteiger partial charge in [0, 0.05) is 11.7 Å². The largest absolute Gasteiger partial charge is 0.489 e. The number of halogens is 1. The molecular weight excluding hydrogens is 471 g/mol. The lowest BCUT2D eigenvalue weighted by molar-refractivity contribution is -0.129. The van der Waals surface area contributed by atoms with Gasteiger partial charge in [-0.05, 0) is 72.4 Å². The molecule has 2 fully saturated rings. The van der Waals surface area contributed by atoms with E-state index in [1.54, 1.807) is 23.9 Å². The van der Waals surface area contributed by atoms with E-state index >= 15 is 0 Å². The summed E-state index contributed by atoms with van der Waals surface area (Å²) in [5, 5.41) is 3.58. The highest BCUT2D eigenvalue weighted by molar-refractivity contribution is 8.05. The van der Waals surface area contributed by atoms with Gasteiger partial charge in [-0.25, -0.2) is 4.39 Å². The van der Waals surface area contributed by atoms with Gasteiger partial charge in [0.05, 0.1) is 4.91 Å². The van der Waals surface area contributed by atoms with E-state index in [0.717, 1.165) is 40.3 Å². The zero-order chi connectivity index (χ0) is 24.9. The molecule has 0 radical (unpaired) electrons. The fraction of sp³-hybridized carbons (Fsp3) is 0.300. The van der Waals surface area contributed by atoms with Crippen LogP contribution in [0.2, 0.25) is 0 Å². The maximum atomic E-state index is 13.7. The van der Waals surface area contributed by atoms with E-state index in [0.29, 0.717) is 12.5 Å². The van der Waals surface area contributed by atoms with Crippen LogP contribution in [-0.2, 0) is 11.4 Å². The van der Waals surface area contributed by atoms with E-state index in [9.17, 15) is 9.18 Å². The number of amides is 1. The van der Waals surface area contributed by atoms with Crippen molar-refractivity contribution in [3.8, 4) is 5.75 Å². The van der Waals surface area contributed by atoms with Crippen molar-refractivity contribution in [2.24, 2.45) is 5.92 Å². The Kier molecular flexibility index (Phi) is 7.61. The minimum absolute atomic E-state index is 0.101. The van der Waals surface area contributed by atoms with E-state index in [1.165, 1.54) is 25.0 Å². The average molecular weight is 503 g/mol. The average Bonchev–Trinajstić information content (AvgIpc) is 3.19. The lowest BCUT2D eigenvalue weighted by Gasteiger charge is -2.39. The summed E-state index contributed by atoms with van der Waals surface area (Å²) in [6.45, 7) is 2.64. The molecule has 1 aliphatic carbocycles. The van der Waals surface area contributed by atoms with Gasteiger partial charge in [-0.15, -0.1) is 0 Å². The summed E-state index contributed by atoms with van der Waals surface area (Å²) in [7, 11) is 0. The Hall–Kier alpha value is -3.25. The van der Waals surface area contributed by atoms with Gasteiger partial charge in [-0.1, -0.05) is 74.0 Å². The van der Waals surface area contributed by atoms with Crippen molar-refractivity contribution in [3.05, 3.63) is 101 Å². The van der Waals surface area contributed by atoms with E-state index in [-0.39, 0.29) is 23.3 Å². The third kappa shape index (κ3) is 5.76. The molecule has 1 amide bonds. The first-order chi connectivity index (χ1) is 17.6. The SMILES string of the molecule is C[C@H]1CCCC[C@@H]1N1C(=O)/C(=C/c2ccc(OCc3ccc(F)cc3)cc2)SC1Nc1ccccc1. The number of hydrogen-bond donors (Lipinski definition) is 1. The van der Waals surface area contributed by atoms with E-state index in [4.69, 9.17) is 4.74 Å². The van der Waals surface area contributed by atoms with Gasteiger partial charge < -0.3 is 15.0 Å². The number of thioether (sulfide) groups is 1. The summed E-state index contributed by atoms with van der Waals surface area (Å²) in [5.74, 6) is 1.06. The molecule has 1 aliphatic heterocycles. The summed E-state index contributed by atoms with van der Waals surface area (Å²) in [6, 6.07) is 24.4. The van der Waals surface area contributed by atoms with Crippen molar-refractivity contribution in [3.63, 3.8) is 0 Å². The second-order valence-corrected chi connectivity index (χ2v) is 10.6. The Balaban J connectivity index is 1.31. The predicted molar refractivity (Wildman–Crippen MR) is 145 cm³/mol. The number of hydrogen-bond acceptors (Lipinski definition) is 4. The van der Waals surface area contributed by atoms with Gasteiger partial charge in [0.25, 0.3) is 5.91 Å². The van der Waals surface area contributed by atoms with Crippen molar-refractivity contribution < 1.29 is 13.9 Å². The van der Waals surface area contributed by atoms with Crippen LogP contribution in [0.25, 0.3) is 6.08 Å². The number of ether oxygens (including phenoxy) is 1. The Labute approximate surface area is 216 Å². The zero-order valence-electron chi connectivity index (χ0n) is 20.4. The molecule has 5 rings (SSSR count). The quantitative estimate of drug-likeness (QED) is 0.344. The predicted octanol–water partition coefficient (Wildman–Crippen LogP) is 7.30. The minimum atomic E-state index is -0.256. The Morgan fingerprint density at radius 2 is 1.72 bits per heavy atom. The molecule has 36 heavy (non-hydrogen) atoms. The van der Waals surface area contributed by atoms with Crippen LogP contribution >= 0.6 is 11.8 Å². The van der Waals surface area contributed by atoms with Gasteiger partial charge in [-0.3, -0.25) is 4.79 Å². The molecule has 4 nitrogen and oxygen atoms in total. The molecule has 6 heteroatoms. The maximum absolute atomic E-state index is 13.7. The summed E-state index contributed by atoms with van der Waals surface area (Å²) < 4.78 is 18.9. The molecule has 2 aliphatic rings. The number of benzene rings is 3. The van der Waals surface area contributed by atoms with E-state index in [2.05, 4.69) is 17.1 Å². The molecule has 0 aromatic heterocycles. The van der Waals surface area contributed by atoms with Crippen molar-refractivity contribution in [2.45, 2.75) is 50.8 Å². The molecule has 0 bridgehead atoms. The first kappa shape index (κ1) is 24.4. The number of anilines is 1. The molecule has 1 unspecified atom stereocenters. The van der Waals surface area contributed by atoms with Gasteiger partial charge in [0.15, 0.2) is 5.50 Å². The van der Waals surface area contributed by atoms with Crippen LogP contribution in [0.1, 0.15) is 43.7 Å². The Bertz CT molecular complexity index is 1200. The van der Waals surface area contributed by atoms with Gasteiger partial charge >= 0.3 is 0 Å². The third-order valence-electron chi connectivity index (χ3n) is 6.92. The van der Waals surface area contributed by atoms with Crippen LogP contribution < -0.4 is 10.1 Å². The molecule has 0 spiro atoms. The van der Waals surface area contributed by atoms with Crippen LogP contribution in [0.3, 0.4) is 0 Å². The van der Waals surface area contributed by atoms with Crippen molar-refractivity contribution >= 4 is 29.4 Å². The highest BCUT2D eigenvalue weighted by atomic mass is 32.2. The highest BCUT2D eigenvalue weighted by Crippen LogP contribution is 2.42. The third-order valence-corrected chi connectivity index (χ3v) is 8.04. The monoisotopic (exact) mass is 502 g/mol. The van der Waals surface area contributed by atoms with Crippen LogP contribution in [0.15, 0.2) is 83.8 Å². The second kappa shape index (κ2) is 11.2. The number of nitrogens with zero attached hydrogens (tertiary/aromatic N) is 1. The number of rotatable bonds is 7. The van der Waals surface area contributed by atoms with Crippen molar-refractivity contribution in [2.75, 3.05) is 5.32 Å². The van der Waals surface area contributed by atoms with Crippen LogP contribution in [0.5, 0.6) is 5.75 Å². The molecule has 3 aromatic rings. The fourth-order valence-electron chi connectivity index (χ4n) is 4.93. The summed E-state index contributed by atoms with van der Waals surface area (Å²) in [5.41, 5.74) is 2.75. The fourth-order valence-corrected chi connectivity index (χ4v) is 6.14. The number of carbonyl (C=O) groups is 1. The van der Waals surface area contributed by atoms with E-state index in [1.807, 2.05) is 60.7 Å². The lowest BCUT2D eigenvalue weighted by atomic mass is 9.85. The molecule has 1 N–H and O–H groups in total. The summed E-state index contributed by atoms with van der Waals surface area (Å²) >= 11 is 1.59. The molecular formula is C30H31FN2O2S. The number of carbonyl (C=O) groups excluding carboxylic acids is 1. The van der Waals surface area contributed by atoms with Gasteiger partial charge in [0.1, 0.15) is 18.2 Å². The molecule has 3 atom stereocenters. The van der Waals surface area contributed by atoms with Gasteiger partial charge in [0.2, 0.25) is 0 Å². The summed E-state index contributed by atoms with van der Waals surface area (Å²) in [6.07, 6.45) is 6.59. The normalized spacial score (nSPS) is 23.2. The Morgan fingerprint density at radius 1 is 1.00 bits per heavy atom. The minimum Gasteiger partial charge on any atom is -0.489 e. The smallest absolute Gasteiger partial charge is 0.262 e. The molecule has 3 aromatic carbocycles. The highest BCUT2D eigenvalue weighted by Gasteiger charge is 2.42. The Morgan fingerprint density at radius 3 is 2.44 bits per heavy atom. The van der Waals surface area contributed by atoms with Crippen molar-refractivity contribution in [1.82, 2.24) is 4.90 Å². The molecule has 186 valence electrons. The second-order valence-electron chi connectivity index (χ2n) is 9.51. The van der Waals surface area contributed by atoms with Gasteiger partial charge in [-0.2, -0.15) is 0 Å². The van der Waals surface area contributed by atoms with Crippen LogP contribution in [0.4, 0.5) is 10.1 Å². The molecule has 1 saturated carbocycles. The van der Waals surface area contributed by atoms with Crippen LogP contribution in [-0.4, -0.2) is 22.3 Å². The number of para-hydroxylation sites is 1. The number of nitrogens with one attached hydrogen (secondary N) is 1. The topological polar surface area (TPSA) is 41.6 Å². The van der Waals surface area contributed by atoms with Crippen LogP contribution in [0, 0.1) is 11.7 Å². The van der Waals surface area contributed by atoms with E-state index < -0.39 is 0 Å². The lowest BCUT2D eigenvalue weighted by Crippen LogP contribution is -2.48. The summed E-state index contributed by atoms with van der Waals surface area (Å²) in [4.78, 5) is 16.5. The first-order valence-corrected chi connectivity index (χ1v) is 13.4. The molecule has 1 saturated heterocycles. The first-order valence-electron chi connectivity index (χ1n) is 12.6. The maximum Gasteiger partial charge on any atom is 0.262 e.